The van der Waals surface area contributed by atoms with Crippen molar-refractivity contribution in [3.8, 4) is 5.69 Å². The van der Waals surface area contributed by atoms with Crippen LogP contribution in [0.3, 0.4) is 0 Å². The van der Waals surface area contributed by atoms with Gasteiger partial charge in [0.1, 0.15) is 5.82 Å². The van der Waals surface area contributed by atoms with Crippen molar-refractivity contribution in [2.75, 3.05) is 11.9 Å². The molecule has 4 rings (SSSR count). The predicted molar refractivity (Wildman–Crippen MR) is 120 cm³/mol. The van der Waals surface area contributed by atoms with E-state index in [0.717, 1.165) is 43.4 Å². The van der Waals surface area contributed by atoms with E-state index in [1.807, 2.05) is 6.92 Å². The number of aromatic nitrogens is 2. The summed E-state index contributed by atoms with van der Waals surface area (Å²) in [5, 5.41) is 7.28. The van der Waals surface area contributed by atoms with Gasteiger partial charge in [-0.2, -0.15) is 5.10 Å². The van der Waals surface area contributed by atoms with Crippen LogP contribution in [0, 0.1) is 5.82 Å². The Morgan fingerprint density at radius 1 is 1.16 bits per heavy atom. The Kier molecular flexibility index (Phi) is 6.38. The number of carbonyl (C=O) groups is 1. The third-order valence-electron chi connectivity index (χ3n) is 5.44. The van der Waals surface area contributed by atoms with Crippen molar-refractivity contribution in [3.63, 3.8) is 0 Å². The molecule has 0 atom stereocenters. The summed E-state index contributed by atoms with van der Waals surface area (Å²) in [5.41, 5.74) is 3.18. The Bertz CT molecular complexity index is 1240. The zero-order chi connectivity index (χ0) is 22.7. The number of amides is 1. The largest absolute Gasteiger partial charge is 0.321 e. The summed E-state index contributed by atoms with van der Waals surface area (Å²) in [5.74, 6) is -0.743. The van der Waals surface area contributed by atoms with E-state index in [0.29, 0.717) is 23.6 Å². The van der Waals surface area contributed by atoms with Crippen molar-refractivity contribution in [2.24, 2.45) is 0 Å². The number of unbranched alkanes of at least 4 members (excludes halogenated alkanes) is 1. The van der Waals surface area contributed by atoms with Crippen molar-refractivity contribution in [3.05, 3.63) is 71.3 Å². The molecule has 9 heteroatoms. The molecule has 2 aromatic carbocycles. The topological polar surface area (TPSA) is 93.1 Å². The van der Waals surface area contributed by atoms with Gasteiger partial charge in [-0.1, -0.05) is 19.4 Å². The quantitative estimate of drug-likeness (QED) is 0.504. The van der Waals surface area contributed by atoms with Crippen LogP contribution in [0.4, 0.5) is 10.1 Å². The minimum atomic E-state index is -3.65. The van der Waals surface area contributed by atoms with Crippen molar-refractivity contribution in [2.45, 2.75) is 43.9 Å². The second-order valence-corrected chi connectivity index (χ2v) is 9.52. The summed E-state index contributed by atoms with van der Waals surface area (Å²) in [7, 11) is -3.65. The maximum atomic E-state index is 13.3. The maximum absolute atomic E-state index is 13.3. The van der Waals surface area contributed by atoms with Gasteiger partial charge in [-0.15, -0.1) is 0 Å². The van der Waals surface area contributed by atoms with Crippen molar-refractivity contribution in [1.29, 1.82) is 0 Å². The molecule has 7 nitrogen and oxygen atoms in total. The fourth-order valence-electron chi connectivity index (χ4n) is 3.81. The van der Waals surface area contributed by atoms with E-state index >= 15 is 0 Å². The highest BCUT2D eigenvalue weighted by Crippen LogP contribution is 2.28. The number of halogens is 1. The first kappa shape index (κ1) is 22.2. The Morgan fingerprint density at radius 2 is 1.94 bits per heavy atom. The Morgan fingerprint density at radius 3 is 2.69 bits per heavy atom. The molecule has 1 aliphatic rings. The number of nitrogens with one attached hydrogen (secondary N) is 2. The molecule has 168 valence electrons. The smallest absolute Gasteiger partial charge is 0.276 e. The zero-order valence-corrected chi connectivity index (χ0v) is 18.6. The fourth-order valence-corrected chi connectivity index (χ4v) is 4.93. The van der Waals surface area contributed by atoms with Gasteiger partial charge in [0.2, 0.25) is 10.0 Å². The van der Waals surface area contributed by atoms with Crippen LogP contribution in [0.25, 0.3) is 5.69 Å². The summed E-state index contributed by atoms with van der Waals surface area (Å²) in [6, 6.07) is 12.1. The molecule has 2 N–H and O–H groups in total. The van der Waals surface area contributed by atoms with E-state index in [2.05, 4.69) is 15.1 Å². The highest BCUT2D eigenvalue weighted by molar-refractivity contribution is 7.89. The van der Waals surface area contributed by atoms with Gasteiger partial charge in [-0.3, -0.25) is 4.79 Å². The molecule has 3 aromatic rings. The number of nitrogens with zero attached hydrogens (tertiary/aromatic N) is 2. The van der Waals surface area contributed by atoms with Gasteiger partial charge < -0.3 is 5.32 Å². The third-order valence-corrected chi connectivity index (χ3v) is 6.90. The Labute approximate surface area is 186 Å². The molecule has 1 aromatic heterocycles. The van der Waals surface area contributed by atoms with E-state index in [4.69, 9.17) is 0 Å². The van der Waals surface area contributed by atoms with E-state index in [1.54, 1.807) is 28.9 Å². The number of sulfonamides is 1. The molecule has 0 saturated carbocycles. The average molecular weight is 457 g/mol. The van der Waals surface area contributed by atoms with E-state index in [-0.39, 0.29) is 10.7 Å². The SMILES string of the molecule is CCCCNS(=O)(=O)c1cccc(NC(=O)c2nn(-c3ccc(F)cc3)c3c2CCC3)c1. The molecule has 0 unspecified atom stereocenters. The second-order valence-electron chi connectivity index (χ2n) is 7.75. The predicted octanol–water partition coefficient (Wildman–Crippen LogP) is 3.83. The number of rotatable bonds is 8. The molecule has 0 bridgehead atoms. The maximum Gasteiger partial charge on any atom is 0.276 e. The lowest BCUT2D eigenvalue weighted by atomic mass is 10.2. The van der Waals surface area contributed by atoms with Crippen LogP contribution < -0.4 is 10.0 Å². The molecule has 1 amide bonds. The van der Waals surface area contributed by atoms with Crippen molar-refractivity contribution >= 4 is 21.6 Å². The standard InChI is InChI=1S/C23H25FN4O3S/c1-2-3-14-25-32(30,31)19-7-4-6-17(15-19)26-23(29)22-20-8-5-9-21(20)28(27-22)18-12-10-16(24)11-13-18/h4,6-7,10-13,15,25H,2-3,5,8-9,14H2,1H3,(H,26,29). The third kappa shape index (κ3) is 4.58. The van der Waals surface area contributed by atoms with Crippen LogP contribution in [0.2, 0.25) is 0 Å². The molecule has 0 spiro atoms. The number of anilines is 1. The van der Waals surface area contributed by atoms with E-state index in [1.165, 1.54) is 24.3 Å². The molecule has 0 fully saturated rings. The van der Waals surface area contributed by atoms with Crippen LogP contribution >= 0.6 is 0 Å². The van der Waals surface area contributed by atoms with Gasteiger partial charge in [0, 0.05) is 23.5 Å². The van der Waals surface area contributed by atoms with Crippen LogP contribution in [0.15, 0.2) is 53.4 Å². The molecule has 1 heterocycles. The molecular formula is C23H25FN4O3S. The summed E-state index contributed by atoms with van der Waals surface area (Å²) >= 11 is 0. The highest BCUT2D eigenvalue weighted by Gasteiger charge is 2.27. The lowest BCUT2D eigenvalue weighted by molar-refractivity contribution is 0.102. The number of hydrogen-bond donors (Lipinski definition) is 2. The van der Waals surface area contributed by atoms with Gasteiger partial charge in [-0.05, 0) is 68.1 Å². The van der Waals surface area contributed by atoms with Gasteiger partial charge in [0.05, 0.1) is 10.6 Å². The first-order valence-corrected chi connectivity index (χ1v) is 12.1. The fraction of sp³-hybridized carbons (Fsp3) is 0.304. The summed E-state index contributed by atoms with van der Waals surface area (Å²) in [4.78, 5) is 13.1. The zero-order valence-electron chi connectivity index (χ0n) is 17.8. The van der Waals surface area contributed by atoms with Gasteiger partial charge in [0.25, 0.3) is 5.91 Å². The van der Waals surface area contributed by atoms with Crippen LogP contribution in [-0.2, 0) is 22.9 Å². The normalized spacial score (nSPS) is 13.2. The Hall–Kier alpha value is -3.04. The molecule has 0 radical (unpaired) electrons. The minimum absolute atomic E-state index is 0.0912. The number of hydrogen-bond acceptors (Lipinski definition) is 4. The van der Waals surface area contributed by atoms with Crippen LogP contribution in [-0.4, -0.2) is 30.7 Å². The lowest BCUT2D eigenvalue weighted by Crippen LogP contribution is -2.25. The molecule has 32 heavy (non-hydrogen) atoms. The summed E-state index contributed by atoms with van der Waals surface area (Å²) in [6.45, 7) is 2.35. The molecule has 1 aliphatic carbocycles. The highest BCUT2D eigenvalue weighted by atomic mass is 32.2. The van der Waals surface area contributed by atoms with E-state index in [9.17, 15) is 17.6 Å². The summed E-state index contributed by atoms with van der Waals surface area (Å²) in [6.07, 6.45) is 4.05. The van der Waals surface area contributed by atoms with Crippen molar-refractivity contribution in [1.82, 2.24) is 14.5 Å². The van der Waals surface area contributed by atoms with Crippen molar-refractivity contribution < 1.29 is 17.6 Å². The first-order valence-electron chi connectivity index (χ1n) is 10.7. The molecule has 0 aliphatic heterocycles. The van der Waals surface area contributed by atoms with Gasteiger partial charge >= 0.3 is 0 Å². The summed E-state index contributed by atoms with van der Waals surface area (Å²) < 4.78 is 42.5. The number of carbonyl (C=O) groups excluding carboxylic acids is 1. The lowest BCUT2D eigenvalue weighted by Gasteiger charge is -2.09. The van der Waals surface area contributed by atoms with Gasteiger partial charge in [0.15, 0.2) is 5.69 Å². The Balaban J connectivity index is 1.58. The molecule has 0 saturated heterocycles. The van der Waals surface area contributed by atoms with E-state index < -0.39 is 15.9 Å². The average Bonchev–Trinajstić information content (AvgIpc) is 3.38. The second kappa shape index (κ2) is 9.22. The first-order chi connectivity index (χ1) is 15.4. The number of fused-ring (bicyclic) bond motifs is 1. The monoisotopic (exact) mass is 456 g/mol. The van der Waals surface area contributed by atoms with Gasteiger partial charge in [-0.25, -0.2) is 22.2 Å². The number of benzene rings is 2. The minimum Gasteiger partial charge on any atom is -0.321 e. The van der Waals surface area contributed by atoms with Crippen LogP contribution in [0.1, 0.15) is 47.9 Å². The molecular weight excluding hydrogens is 431 g/mol. The van der Waals surface area contributed by atoms with Crippen LogP contribution in [0.5, 0.6) is 0 Å².